The Bertz CT molecular complexity index is 2560. The maximum atomic E-state index is 3.82. The number of hydrogen-bond donors (Lipinski definition) is 0. The van der Waals surface area contributed by atoms with Crippen LogP contribution in [0.25, 0.3) is 43.8 Å². The molecule has 0 saturated heterocycles. The van der Waals surface area contributed by atoms with Gasteiger partial charge in [-0.05, 0) is 129 Å². The van der Waals surface area contributed by atoms with E-state index in [0.29, 0.717) is 0 Å². The van der Waals surface area contributed by atoms with Crippen LogP contribution in [0, 0.1) is 0 Å². The van der Waals surface area contributed by atoms with Crippen LogP contribution >= 0.6 is 15.9 Å². The summed E-state index contributed by atoms with van der Waals surface area (Å²) >= 11 is 3.82. The predicted molar refractivity (Wildman–Crippen MR) is 229 cm³/mol. The second-order valence-corrected chi connectivity index (χ2v) is 14.0. The normalized spacial score (nSPS) is 11.1. The minimum absolute atomic E-state index is 1.06. The molecule has 0 radical (unpaired) electrons. The Morgan fingerprint density at radius 3 is 0.943 bits per heavy atom. The van der Waals surface area contributed by atoms with Crippen molar-refractivity contribution >= 4 is 71.6 Å². The molecule has 0 aliphatic heterocycles. The Morgan fingerprint density at radius 2 is 0.566 bits per heavy atom. The van der Waals surface area contributed by atoms with E-state index in [-0.39, 0.29) is 0 Å². The molecule has 0 heterocycles. The molecule has 0 aliphatic rings. The van der Waals surface area contributed by atoms with Crippen LogP contribution in [-0.4, -0.2) is 0 Å². The summed E-state index contributed by atoms with van der Waals surface area (Å²) in [5, 5.41) is 4.88. The van der Waals surface area contributed by atoms with E-state index in [1.807, 2.05) is 0 Å². The lowest BCUT2D eigenvalue weighted by molar-refractivity contribution is 1.28. The number of anilines is 6. The highest BCUT2D eigenvalue weighted by molar-refractivity contribution is 9.10. The van der Waals surface area contributed by atoms with Crippen LogP contribution in [0.3, 0.4) is 0 Å². The first-order chi connectivity index (χ1) is 26.2. The molecule has 53 heavy (non-hydrogen) atoms. The number of benzene rings is 9. The number of fused-ring (bicyclic) bond motifs is 2. The van der Waals surface area contributed by atoms with Crippen molar-refractivity contribution in [3.8, 4) is 22.3 Å². The Labute approximate surface area is 319 Å². The van der Waals surface area contributed by atoms with Crippen LogP contribution in [0.5, 0.6) is 0 Å². The van der Waals surface area contributed by atoms with Gasteiger partial charge in [-0.15, -0.1) is 0 Å². The van der Waals surface area contributed by atoms with Crippen molar-refractivity contribution in [1.82, 2.24) is 0 Å². The molecule has 0 unspecified atom stereocenters. The fourth-order valence-corrected chi connectivity index (χ4v) is 7.89. The van der Waals surface area contributed by atoms with Gasteiger partial charge in [0.1, 0.15) is 0 Å². The Kier molecular flexibility index (Phi) is 8.77. The third-order valence-corrected chi connectivity index (χ3v) is 10.4. The number of halogens is 1. The van der Waals surface area contributed by atoms with Crippen molar-refractivity contribution in [1.29, 1.82) is 0 Å². The maximum Gasteiger partial charge on any atom is 0.0462 e. The Hall–Kier alpha value is -6.42. The van der Waals surface area contributed by atoms with Gasteiger partial charge in [0.25, 0.3) is 0 Å². The number of nitrogens with zero attached hydrogens (tertiary/aromatic N) is 2. The first-order valence-corrected chi connectivity index (χ1v) is 18.7. The quantitative estimate of drug-likeness (QED) is 0.143. The van der Waals surface area contributed by atoms with E-state index in [9.17, 15) is 0 Å². The van der Waals surface area contributed by atoms with Gasteiger partial charge in [-0.2, -0.15) is 0 Å². The number of rotatable bonds is 8. The molecule has 2 nitrogen and oxygen atoms in total. The lowest BCUT2D eigenvalue weighted by Crippen LogP contribution is -2.09. The zero-order valence-corrected chi connectivity index (χ0v) is 30.6. The fourth-order valence-electron chi connectivity index (χ4n) is 7.53. The standard InChI is InChI=1S/C50H35BrN2/c51-38-29-34-47-48(35-38)50(37-27-32-44(33-28-37)53(41-19-9-3-10-20-41)42-21-11-4-12-22-42)46-24-14-13-23-45(46)49(47)36-25-30-43(31-26-36)52(39-15-5-1-6-16-39)40-17-7-2-8-18-40/h1-35H. The van der Waals surface area contributed by atoms with E-state index >= 15 is 0 Å². The maximum absolute atomic E-state index is 3.82. The van der Waals surface area contributed by atoms with Gasteiger partial charge >= 0.3 is 0 Å². The highest BCUT2D eigenvalue weighted by Gasteiger charge is 2.19. The van der Waals surface area contributed by atoms with Crippen molar-refractivity contribution in [3.63, 3.8) is 0 Å². The first-order valence-electron chi connectivity index (χ1n) is 17.9. The molecular weight excluding hydrogens is 708 g/mol. The summed E-state index contributed by atoms with van der Waals surface area (Å²) in [7, 11) is 0. The number of hydrogen-bond acceptors (Lipinski definition) is 2. The van der Waals surface area contributed by atoms with Crippen molar-refractivity contribution in [2.24, 2.45) is 0 Å². The summed E-state index contributed by atoms with van der Waals surface area (Å²) in [5.41, 5.74) is 11.5. The van der Waals surface area contributed by atoms with E-state index < -0.39 is 0 Å². The lowest BCUT2D eigenvalue weighted by atomic mass is 9.86. The predicted octanol–water partition coefficient (Wildman–Crippen LogP) is 15.0. The highest BCUT2D eigenvalue weighted by atomic mass is 79.9. The van der Waals surface area contributed by atoms with Gasteiger partial charge in [-0.3, -0.25) is 0 Å². The molecule has 0 atom stereocenters. The molecule has 0 N–H and O–H groups in total. The van der Waals surface area contributed by atoms with E-state index in [1.165, 1.54) is 43.8 Å². The molecule has 9 aromatic carbocycles. The summed E-state index contributed by atoms with van der Waals surface area (Å²) in [5.74, 6) is 0. The summed E-state index contributed by atoms with van der Waals surface area (Å²) in [6, 6.07) is 75.8. The molecule has 0 bridgehead atoms. The third-order valence-electron chi connectivity index (χ3n) is 9.87. The van der Waals surface area contributed by atoms with Crippen LogP contribution in [-0.2, 0) is 0 Å². The third kappa shape index (κ3) is 6.26. The molecule has 0 aliphatic carbocycles. The van der Waals surface area contributed by atoms with Crippen LogP contribution in [0.4, 0.5) is 34.1 Å². The second kappa shape index (κ2) is 14.3. The number of para-hydroxylation sites is 4. The van der Waals surface area contributed by atoms with Crippen LogP contribution < -0.4 is 9.80 Å². The molecule has 252 valence electrons. The van der Waals surface area contributed by atoms with Crippen molar-refractivity contribution < 1.29 is 0 Å². The smallest absolute Gasteiger partial charge is 0.0462 e. The van der Waals surface area contributed by atoms with E-state index in [0.717, 1.165) is 38.6 Å². The summed E-state index contributed by atoms with van der Waals surface area (Å²) in [6.07, 6.45) is 0. The lowest BCUT2D eigenvalue weighted by Gasteiger charge is -2.26. The zero-order chi connectivity index (χ0) is 35.6. The zero-order valence-electron chi connectivity index (χ0n) is 29.0. The van der Waals surface area contributed by atoms with Crippen molar-refractivity contribution in [2.45, 2.75) is 0 Å². The molecular formula is C50H35BrN2. The van der Waals surface area contributed by atoms with E-state index in [4.69, 9.17) is 0 Å². The minimum atomic E-state index is 1.06. The topological polar surface area (TPSA) is 6.48 Å². The summed E-state index contributed by atoms with van der Waals surface area (Å²) < 4.78 is 1.06. The van der Waals surface area contributed by atoms with Crippen LogP contribution in [0.15, 0.2) is 217 Å². The molecule has 3 heteroatoms. The van der Waals surface area contributed by atoms with E-state index in [1.54, 1.807) is 0 Å². The van der Waals surface area contributed by atoms with Crippen molar-refractivity contribution in [2.75, 3.05) is 9.80 Å². The van der Waals surface area contributed by atoms with Gasteiger partial charge in [0.05, 0.1) is 0 Å². The summed E-state index contributed by atoms with van der Waals surface area (Å²) in [4.78, 5) is 4.61. The van der Waals surface area contributed by atoms with Crippen LogP contribution in [0.1, 0.15) is 0 Å². The molecule has 9 rings (SSSR count). The molecule has 0 saturated carbocycles. The Balaban J connectivity index is 1.18. The second-order valence-electron chi connectivity index (χ2n) is 13.1. The molecule has 0 fully saturated rings. The van der Waals surface area contributed by atoms with Crippen molar-refractivity contribution in [3.05, 3.63) is 217 Å². The average Bonchev–Trinajstić information content (AvgIpc) is 3.22. The van der Waals surface area contributed by atoms with Gasteiger partial charge in [-0.1, -0.05) is 143 Å². The molecule has 0 amide bonds. The van der Waals surface area contributed by atoms with Gasteiger partial charge in [-0.25, -0.2) is 0 Å². The highest BCUT2D eigenvalue weighted by Crippen LogP contribution is 2.46. The van der Waals surface area contributed by atoms with Gasteiger partial charge in [0, 0.05) is 38.6 Å². The van der Waals surface area contributed by atoms with Crippen LogP contribution in [0.2, 0.25) is 0 Å². The largest absolute Gasteiger partial charge is 0.311 e. The molecule has 9 aromatic rings. The SMILES string of the molecule is Brc1ccc2c(-c3ccc(N(c4ccccc4)c4ccccc4)cc3)c3ccccc3c(-c3ccc(N(c4ccccc4)c4ccccc4)cc3)c2c1. The van der Waals surface area contributed by atoms with Gasteiger partial charge in [0.2, 0.25) is 0 Å². The molecule has 0 spiro atoms. The minimum Gasteiger partial charge on any atom is -0.311 e. The summed E-state index contributed by atoms with van der Waals surface area (Å²) in [6.45, 7) is 0. The van der Waals surface area contributed by atoms with Gasteiger partial charge in [0.15, 0.2) is 0 Å². The molecule has 0 aromatic heterocycles. The van der Waals surface area contributed by atoms with E-state index in [2.05, 4.69) is 238 Å². The van der Waals surface area contributed by atoms with Gasteiger partial charge < -0.3 is 9.80 Å². The monoisotopic (exact) mass is 742 g/mol. The fraction of sp³-hybridized carbons (Fsp3) is 0. The Morgan fingerprint density at radius 1 is 0.264 bits per heavy atom. The first kappa shape index (κ1) is 32.5. The average molecular weight is 744 g/mol.